The second kappa shape index (κ2) is 27.6. The smallest absolute Gasteiger partial charge is 0.289 e. The Kier molecular flexibility index (Phi) is 20.2. The van der Waals surface area contributed by atoms with Gasteiger partial charge in [0.05, 0.1) is 11.1 Å². The van der Waals surface area contributed by atoms with E-state index in [1.54, 1.807) is 44.9 Å². The SMILES string of the molecule is CCNC(=O)c1nnc(-c2cc(C(C)C)c(O)cc2O)n1-c1ccc(CN2CCN(C(=O)CCC(=O)N[C@@H](CCCCN)C(=O)N3CCN(Cc4ccc(-n5c(C(=O)NCC)nnc5-c5cc(C(C)C)c(O)cc5O)cc4)CC3)CC2)cc1. The maximum Gasteiger partial charge on any atom is 0.289 e. The summed E-state index contributed by atoms with van der Waals surface area (Å²) in [5.74, 6) is -1.54. The van der Waals surface area contributed by atoms with E-state index in [9.17, 15) is 44.4 Å². The summed E-state index contributed by atoms with van der Waals surface area (Å²) in [7, 11) is 0. The zero-order chi connectivity index (χ0) is 59.5. The molecule has 442 valence electrons. The maximum absolute atomic E-state index is 14.0. The number of nitrogens with two attached hydrogens (primary N) is 1. The summed E-state index contributed by atoms with van der Waals surface area (Å²) in [4.78, 5) is 75.4. The van der Waals surface area contributed by atoms with Crippen molar-refractivity contribution in [3.63, 3.8) is 0 Å². The summed E-state index contributed by atoms with van der Waals surface area (Å²) >= 11 is 0. The number of hydrogen-bond donors (Lipinski definition) is 8. The van der Waals surface area contributed by atoms with Crippen molar-refractivity contribution < 1.29 is 44.4 Å². The van der Waals surface area contributed by atoms with Gasteiger partial charge < -0.3 is 51.9 Å². The topological polar surface area (TPSA) is 303 Å². The molecule has 0 radical (unpaired) electrons. The van der Waals surface area contributed by atoms with Crippen molar-refractivity contribution >= 4 is 29.5 Å². The van der Waals surface area contributed by atoms with Gasteiger partial charge in [-0.2, -0.15) is 0 Å². The molecule has 2 saturated heterocycles. The minimum Gasteiger partial charge on any atom is -0.508 e. The minimum absolute atomic E-state index is 0.0115. The number of phenolic OH excluding ortho intramolecular Hbond substituents is 4. The first-order chi connectivity index (χ1) is 39.9. The Bertz CT molecular complexity index is 3250. The van der Waals surface area contributed by atoms with Crippen molar-refractivity contribution in [3.8, 4) is 57.1 Å². The number of rotatable bonds is 23. The van der Waals surface area contributed by atoms with E-state index in [1.165, 1.54) is 12.1 Å². The van der Waals surface area contributed by atoms with E-state index in [4.69, 9.17) is 5.73 Å². The van der Waals surface area contributed by atoms with Crippen LogP contribution in [0.4, 0.5) is 0 Å². The number of carbonyl (C=O) groups excluding carboxylic acids is 5. The molecule has 6 aromatic rings. The first-order valence-electron chi connectivity index (χ1n) is 28.7. The van der Waals surface area contributed by atoms with E-state index in [0.717, 1.165) is 11.1 Å². The molecule has 0 aliphatic carbocycles. The lowest BCUT2D eigenvalue weighted by Gasteiger charge is -2.36. The van der Waals surface area contributed by atoms with Gasteiger partial charge in [0.25, 0.3) is 11.8 Å². The molecular formula is C60H78N14O9. The number of hydrogen-bond acceptors (Lipinski definition) is 16. The zero-order valence-corrected chi connectivity index (χ0v) is 48.3. The van der Waals surface area contributed by atoms with Crippen LogP contribution >= 0.6 is 0 Å². The lowest BCUT2D eigenvalue weighted by Crippen LogP contribution is -2.54. The van der Waals surface area contributed by atoms with E-state index in [0.29, 0.717) is 138 Å². The summed E-state index contributed by atoms with van der Waals surface area (Å²) in [6.07, 6.45) is 1.74. The average Bonchev–Trinajstić information content (AvgIpc) is 4.36. The van der Waals surface area contributed by atoms with E-state index in [-0.39, 0.29) is 88.7 Å². The van der Waals surface area contributed by atoms with Crippen LogP contribution in [0.25, 0.3) is 34.2 Å². The molecule has 83 heavy (non-hydrogen) atoms. The van der Waals surface area contributed by atoms with Crippen LogP contribution in [0, 0.1) is 0 Å². The second-order valence-electron chi connectivity index (χ2n) is 21.7. The van der Waals surface area contributed by atoms with E-state index >= 15 is 0 Å². The van der Waals surface area contributed by atoms with Crippen LogP contribution in [-0.4, -0.2) is 177 Å². The molecule has 0 saturated carbocycles. The van der Waals surface area contributed by atoms with Crippen LogP contribution < -0.4 is 21.7 Å². The van der Waals surface area contributed by atoms with Crippen LogP contribution in [0.5, 0.6) is 23.0 Å². The highest BCUT2D eigenvalue weighted by molar-refractivity contribution is 5.93. The van der Waals surface area contributed by atoms with Crippen LogP contribution in [0.1, 0.15) is 129 Å². The van der Waals surface area contributed by atoms with Gasteiger partial charge in [-0.3, -0.25) is 42.9 Å². The summed E-state index contributed by atoms with van der Waals surface area (Å²) in [6.45, 7) is 18.0. The van der Waals surface area contributed by atoms with Gasteiger partial charge in [-0.25, -0.2) is 0 Å². The first kappa shape index (κ1) is 60.7. The van der Waals surface area contributed by atoms with Crippen molar-refractivity contribution in [1.29, 1.82) is 0 Å². The first-order valence-corrected chi connectivity index (χ1v) is 28.7. The highest BCUT2D eigenvalue weighted by Crippen LogP contribution is 2.40. The molecule has 5 amide bonds. The number of amides is 5. The van der Waals surface area contributed by atoms with E-state index in [1.807, 2.05) is 76.2 Å². The molecule has 4 aromatic carbocycles. The largest absolute Gasteiger partial charge is 0.508 e. The second-order valence-corrected chi connectivity index (χ2v) is 21.7. The van der Waals surface area contributed by atoms with Crippen LogP contribution in [0.3, 0.4) is 0 Å². The molecule has 9 N–H and O–H groups in total. The van der Waals surface area contributed by atoms with Crippen LogP contribution in [0.2, 0.25) is 0 Å². The molecule has 8 rings (SSSR count). The highest BCUT2D eigenvalue weighted by atomic mass is 16.3. The van der Waals surface area contributed by atoms with Gasteiger partial charge in [0.15, 0.2) is 11.6 Å². The highest BCUT2D eigenvalue weighted by Gasteiger charge is 2.31. The van der Waals surface area contributed by atoms with Gasteiger partial charge in [-0.05, 0) is 110 Å². The van der Waals surface area contributed by atoms with Gasteiger partial charge in [0, 0.05) is 115 Å². The Morgan fingerprint density at radius 1 is 0.554 bits per heavy atom. The minimum atomic E-state index is -0.750. The Hall–Kier alpha value is -8.41. The fraction of sp³-hybridized carbons (Fsp3) is 0.450. The Morgan fingerprint density at radius 3 is 1.40 bits per heavy atom. The lowest BCUT2D eigenvalue weighted by molar-refractivity contribution is -0.139. The van der Waals surface area contributed by atoms with Crippen molar-refractivity contribution in [2.75, 3.05) is 72.0 Å². The molecule has 2 fully saturated rings. The zero-order valence-electron chi connectivity index (χ0n) is 48.3. The molecule has 2 aromatic heterocycles. The Balaban J connectivity index is 0.819. The van der Waals surface area contributed by atoms with E-state index in [2.05, 4.69) is 46.1 Å². The quantitative estimate of drug-likeness (QED) is 0.0386. The van der Waals surface area contributed by atoms with Crippen molar-refractivity contribution in [2.24, 2.45) is 5.73 Å². The van der Waals surface area contributed by atoms with Crippen LogP contribution in [0.15, 0.2) is 72.8 Å². The van der Waals surface area contributed by atoms with Crippen molar-refractivity contribution in [3.05, 3.63) is 107 Å². The molecule has 0 unspecified atom stereocenters. The summed E-state index contributed by atoms with van der Waals surface area (Å²) in [5.41, 5.74) is 10.9. The van der Waals surface area contributed by atoms with Gasteiger partial charge in [-0.1, -0.05) is 52.0 Å². The standard InChI is InChI=1S/C60H78N14O9/c1-7-62-58(81)56-67-65-54(45-31-43(37(3)4)48(75)33-50(45)77)73(56)41-16-12-39(13-17-41)35-69-23-27-71(28-24-69)53(80)21-20-52(79)64-47(11-9-10-22-61)60(83)72-29-25-70(26-30-72)36-40-14-18-42(19-15-40)74-55(66-68-57(74)59(82)63-8-2)46-32-44(38(5)6)49(76)34-51(46)78/h12-19,31-34,37-38,47,75-78H,7-11,20-30,35-36,61H2,1-6H3,(H,62,81)(H,63,82)(H,64,79)/t47-/m0/s1. The maximum atomic E-state index is 14.0. The number of benzene rings is 4. The number of nitrogens with zero attached hydrogens (tertiary/aromatic N) is 10. The van der Waals surface area contributed by atoms with Gasteiger partial charge in [-0.15, -0.1) is 20.4 Å². The predicted molar refractivity (Wildman–Crippen MR) is 312 cm³/mol. The number of nitrogens with one attached hydrogen (secondary N) is 3. The molecular weight excluding hydrogens is 1060 g/mol. The van der Waals surface area contributed by atoms with Crippen molar-refractivity contribution in [2.45, 2.75) is 105 Å². The Morgan fingerprint density at radius 2 is 0.988 bits per heavy atom. The molecule has 23 nitrogen and oxygen atoms in total. The molecule has 23 heteroatoms. The number of piperazine rings is 2. The third-order valence-electron chi connectivity index (χ3n) is 15.2. The Labute approximate surface area is 483 Å². The molecule has 0 bridgehead atoms. The normalized spacial score (nSPS) is 14.5. The summed E-state index contributed by atoms with van der Waals surface area (Å²) < 4.78 is 3.18. The predicted octanol–water partition coefficient (Wildman–Crippen LogP) is 5.13. The van der Waals surface area contributed by atoms with Crippen LogP contribution in [-0.2, 0) is 27.5 Å². The lowest BCUT2D eigenvalue weighted by atomic mass is 9.98. The molecule has 0 spiro atoms. The third kappa shape index (κ3) is 14.4. The molecule has 2 aliphatic rings. The average molecular weight is 1140 g/mol. The van der Waals surface area contributed by atoms with Gasteiger partial charge >= 0.3 is 0 Å². The van der Waals surface area contributed by atoms with E-state index < -0.39 is 17.9 Å². The van der Waals surface area contributed by atoms with Crippen molar-refractivity contribution in [1.82, 2.24) is 65.1 Å². The number of aromatic nitrogens is 6. The summed E-state index contributed by atoms with van der Waals surface area (Å²) in [5, 5.41) is 68.5. The number of aromatic hydroxyl groups is 4. The molecule has 4 heterocycles. The molecule has 2 aliphatic heterocycles. The fourth-order valence-corrected chi connectivity index (χ4v) is 10.6. The fourth-order valence-electron chi connectivity index (χ4n) is 10.6. The number of carbonyl (C=O) groups is 5. The number of unbranched alkanes of at least 4 members (excludes halogenated alkanes) is 1. The number of phenols is 4. The third-order valence-corrected chi connectivity index (χ3v) is 15.2. The monoisotopic (exact) mass is 1140 g/mol. The van der Waals surface area contributed by atoms with Gasteiger partial charge in [0.2, 0.25) is 29.4 Å². The molecule has 1 atom stereocenters. The van der Waals surface area contributed by atoms with Gasteiger partial charge in [0.1, 0.15) is 29.0 Å². The summed E-state index contributed by atoms with van der Waals surface area (Å²) in [6, 6.07) is 20.4.